The van der Waals surface area contributed by atoms with Gasteiger partial charge in [0.25, 0.3) is 0 Å². The van der Waals surface area contributed by atoms with Crippen LogP contribution in [0.5, 0.6) is 0 Å². The normalized spacial score (nSPS) is 21.7. The largest absolute Gasteiger partial charge is 0.378 e. The predicted molar refractivity (Wildman–Crippen MR) is 103 cm³/mol. The Morgan fingerprint density at radius 1 is 1.30 bits per heavy atom. The molecule has 1 aliphatic carbocycles. The van der Waals surface area contributed by atoms with Crippen LogP contribution in [0, 0.1) is 0 Å². The van der Waals surface area contributed by atoms with Crippen LogP contribution in [0.15, 0.2) is 30.5 Å². The van der Waals surface area contributed by atoms with E-state index in [1.165, 1.54) is 0 Å². The van der Waals surface area contributed by atoms with Gasteiger partial charge in [-0.25, -0.2) is 4.68 Å². The molecule has 0 bridgehead atoms. The number of benzene rings is 1. The minimum absolute atomic E-state index is 0.177. The second kappa shape index (κ2) is 7.60. The second-order valence-corrected chi connectivity index (χ2v) is 8.05. The highest BCUT2D eigenvalue weighted by Crippen LogP contribution is 2.43. The Balaban J connectivity index is 1.52. The van der Waals surface area contributed by atoms with E-state index in [4.69, 9.17) is 16.3 Å². The van der Waals surface area contributed by atoms with Crippen LogP contribution >= 0.6 is 11.6 Å². The molecule has 1 aromatic carbocycles. The summed E-state index contributed by atoms with van der Waals surface area (Å²) in [6.07, 6.45) is 6.83. The molecule has 4 rings (SSSR count). The molecule has 1 atom stereocenters. The van der Waals surface area contributed by atoms with E-state index in [0.717, 1.165) is 49.9 Å². The van der Waals surface area contributed by atoms with E-state index in [2.05, 4.69) is 10.3 Å². The van der Waals surface area contributed by atoms with Crippen LogP contribution in [0.1, 0.15) is 49.4 Å². The molecule has 2 heterocycles. The third-order valence-electron chi connectivity index (χ3n) is 5.94. The van der Waals surface area contributed by atoms with Crippen LogP contribution in [0.25, 0.3) is 0 Å². The van der Waals surface area contributed by atoms with Crippen LogP contribution < -0.4 is 0 Å². The molecule has 27 heavy (non-hydrogen) atoms. The number of carbonyl (C=O) groups is 1. The van der Waals surface area contributed by atoms with Gasteiger partial charge in [0.1, 0.15) is 5.69 Å². The van der Waals surface area contributed by atoms with Crippen molar-refractivity contribution < 1.29 is 9.53 Å². The number of nitrogens with zero attached hydrogens (tertiary/aromatic N) is 4. The summed E-state index contributed by atoms with van der Waals surface area (Å²) in [6.45, 7) is 1.90. The number of halogens is 1. The Hall–Kier alpha value is -1.92. The van der Waals surface area contributed by atoms with Crippen LogP contribution in [0.2, 0.25) is 5.02 Å². The summed E-state index contributed by atoms with van der Waals surface area (Å²) in [5, 5.41) is 9.07. The first-order chi connectivity index (χ1) is 13.1. The minimum Gasteiger partial charge on any atom is -0.378 e. The lowest BCUT2D eigenvalue weighted by atomic mass is 9.77. The fourth-order valence-electron chi connectivity index (χ4n) is 4.52. The molecular weight excluding hydrogens is 364 g/mol. The summed E-state index contributed by atoms with van der Waals surface area (Å²) < 4.78 is 6.99. The molecule has 0 spiro atoms. The Morgan fingerprint density at radius 3 is 2.74 bits per heavy atom. The summed E-state index contributed by atoms with van der Waals surface area (Å²) in [7, 11) is 1.65. The van der Waals surface area contributed by atoms with Crippen LogP contribution in [0.4, 0.5) is 0 Å². The zero-order valence-corrected chi connectivity index (χ0v) is 16.4. The fraction of sp³-hybridized carbons (Fsp3) is 0.550. The summed E-state index contributed by atoms with van der Waals surface area (Å²) in [5.74, 6) is 0.252. The topological polar surface area (TPSA) is 60.2 Å². The van der Waals surface area contributed by atoms with Crippen LogP contribution in [-0.4, -0.2) is 46.0 Å². The molecule has 7 heteroatoms. The Labute approximate surface area is 164 Å². The van der Waals surface area contributed by atoms with Crippen molar-refractivity contribution in [2.24, 2.45) is 0 Å². The lowest BCUT2D eigenvalue weighted by molar-refractivity contribution is -0.136. The van der Waals surface area contributed by atoms with Gasteiger partial charge in [0.15, 0.2) is 0 Å². The van der Waals surface area contributed by atoms with Crippen molar-refractivity contribution in [3.63, 3.8) is 0 Å². The molecular formula is C20H25ClN4O2. The first-order valence-electron chi connectivity index (χ1n) is 9.57. The maximum atomic E-state index is 13.6. The van der Waals surface area contributed by atoms with Crippen LogP contribution in [0.3, 0.4) is 0 Å². The highest BCUT2D eigenvalue weighted by atomic mass is 35.5. The molecule has 2 aromatic rings. The molecule has 2 aliphatic rings. The number of hydrogen-bond acceptors (Lipinski definition) is 4. The quantitative estimate of drug-likeness (QED) is 0.787. The van der Waals surface area contributed by atoms with Crippen LogP contribution in [-0.2, 0) is 21.6 Å². The standard InChI is InChI=1S/C20H25ClN4O2/c1-27-14-17-12-25(23-22-17)18-8-11-24(13-18)19(26)20(9-2-3-10-20)15-4-6-16(21)7-5-15/h4-7,12,18H,2-3,8-11,13-14H2,1H3/t18-/m1/s1. The minimum atomic E-state index is -0.400. The maximum absolute atomic E-state index is 13.6. The number of rotatable bonds is 5. The highest BCUT2D eigenvalue weighted by molar-refractivity contribution is 6.30. The number of carbonyl (C=O) groups excluding carboxylic acids is 1. The van der Waals surface area contributed by atoms with E-state index in [-0.39, 0.29) is 11.9 Å². The summed E-state index contributed by atoms with van der Waals surface area (Å²) in [6, 6.07) is 8.00. The van der Waals surface area contributed by atoms with Gasteiger partial charge in [-0.2, -0.15) is 0 Å². The van der Waals surface area contributed by atoms with Crippen molar-refractivity contribution in [2.45, 2.75) is 50.2 Å². The summed E-state index contributed by atoms with van der Waals surface area (Å²) in [4.78, 5) is 15.6. The Kier molecular flexibility index (Phi) is 5.19. The molecule has 6 nitrogen and oxygen atoms in total. The smallest absolute Gasteiger partial charge is 0.233 e. The van der Waals surface area contributed by atoms with Crippen molar-refractivity contribution in [1.82, 2.24) is 19.9 Å². The molecule has 2 fully saturated rings. The predicted octanol–water partition coefficient (Wildman–Crippen LogP) is 3.36. The van der Waals surface area contributed by atoms with Gasteiger partial charge in [-0.15, -0.1) is 5.10 Å². The average molecular weight is 389 g/mol. The summed E-state index contributed by atoms with van der Waals surface area (Å²) >= 11 is 6.06. The van der Waals surface area contributed by atoms with E-state index in [9.17, 15) is 4.79 Å². The van der Waals surface area contributed by atoms with Crippen molar-refractivity contribution in [3.8, 4) is 0 Å². The average Bonchev–Trinajstić information content (AvgIpc) is 3.42. The van der Waals surface area contributed by atoms with Gasteiger partial charge in [-0.1, -0.05) is 41.8 Å². The molecule has 0 radical (unpaired) electrons. The SMILES string of the molecule is COCc1cn([C@@H]2CCN(C(=O)C3(c4ccc(Cl)cc4)CCCC3)C2)nn1. The molecule has 1 saturated carbocycles. The lowest BCUT2D eigenvalue weighted by Gasteiger charge is -2.33. The molecule has 144 valence electrons. The second-order valence-electron chi connectivity index (χ2n) is 7.61. The lowest BCUT2D eigenvalue weighted by Crippen LogP contribution is -2.44. The molecule has 0 unspecified atom stereocenters. The van der Waals surface area contributed by atoms with Gasteiger partial charge in [0.05, 0.1) is 24.3 Å². The van der Waals surface area contributed by atoms with Crippen molar-refractivity contribution in [1.29, 1.82) is 0 Å². The zero-order valence-electron chi connectivity index (χ0n) is 15.6. The molecule has 1 aromatic heterocycles. The highest BCUT2D eigenvalue weighted by Gasteiger charge is 2.46. The first-order valence-corrected chi connectivity index (χ1v) is 9.95. The van der Waals surface area contributed by atoms with Crippen molar-refractivity contribution in [2.75, 3.05) is 20.2 Å². The number of amides is 1. The third kappa shape index (κ3) is 3.48. The van der Waals surface area contributed by atoms with Crippen molar-refractivity contribution in [3.05, 3.63) is 46.7 Å². The van der Waals surface area contributed by atoms with Gasteiger partial charge < -0.3 is 9.64 Å². The Bertz CT molecular complexity index is 799. The number of likely N-dealkylation sites (tertiary alicyclic amines) is 1. The first kappa shape index (κ1) is 18.4. The number of methoxy groups -OCH3 is 1. The number of hydrogen-bond donors (Lipinski definition) is 0. The summed E-state index contributed by atoms with van der Waals surface area (Å²) in [5.41, 5.74) is 1.51. The fourth-order valence-corrected chi connectivity index (χ4v) is 4.65. The monoisotopic (exact) mass is 388 g/mol. The van der Waals surface area contributed by atoms with Crippen molar-refractivity contribution >= 4 is 17.5 Å². The number of ether oxygens (including phenoxy) is 1. The third-order valence-corrected chi connectivity index (χ3v) is 6.19. The van der Waals surface area contributed by atoms with Gasteiger partial charge >= 0.3 is 0 Å². The molecule has 1 aliphatic heterocycles. The van der Waals surface area contributed by atoms with Gasteiger partial charge in [0.2, 0.25) is 5.91 Å². The van der Waals surface area contributed by atoms with E-state index in [1.54, 1.807) is 7.11 Å². The molecule has 0 N–H and O–H groups in total. The van der Waals surface area contributed by atoms with Gasteiger partial charge in [0, 0.05) is 25.2 Å². The number of aromatic nitrogens is 3. The van der Waals surface area contributed by atoms with E-state index in [0.29, 0.717) is 18.2 Å². The van der Waals surface area contributed by atoms with E-state index < -0.39 is 5.41 Å². The maximum Gasteiger partial charge on any atom is 0.233 e. The van der Waals surface area contributed by atoms with Gasteiger partial charge in [-0.05, 0) is 37.0 Å². The van der Waals surface area contributed by atoms with Gasteiger partial charge in [-0.3, -0.25) is 4.79 Å². The molecule has 1 saturated heterocycles. The van der Waals surface area contributed by atoms with E-state index in [1.807, 2.05) is 40.0 Å². The molecule has 1 amide bonds. The van der Waals surface area contributed by atoms with E-state index >= 15 is 0 Å². The zero-order chi connectivity index (χ0) is 18.9. The Morgan fingerprint density at radius 2 is 2.04 bits per heavy atom.